The summed E-state index contributed by atoms with van der Waals surface area (Å²) < 4.78 is 11.2. The molecule has 1 aliphatic heterocycles. The van der Waals surface area contributed by atoms with Gasteiger partial charge in [0.05, 0.1) is 6.10 Å². The number of hydrogen-bond acceptors (Lipinski definition) is 8. The average Bonchev–Trinajstić information content (AvgIpc) is 3.04. The number of rotatable bonds is 3. The van der Waals surface area contributed by atoms with Gasteiger partial charge in [-0.3, -0.25) is 4.79 Å². The van der Waals surface area contributed by atoms with Crippen LogP contribution in [0.4, 0.5) is 0 Å². The van der Waals surface area contributed by atoms with Crippen molar-refractivity contribution in [1.29, 1.82) is 0 Å². The number of hydrogen-bond donors (Lipinski definition) is 4. The number of phenols is 1. The van der Waals surface area contributed by atoms with Crippen LogP contribution in [0.5, 0.6) is 5.75 Å². The number of ketones is 1. The number of carbonyl (C=O) groups is 1. The molecule has 0 unspecified atom stereocenters. The summed E-state index contributed by atoms with van der Waals surface area (Å²) in [4.78, 5) is 24.5. The smallest absolute Gasteiger partial charge is 0.539 e. The SMILES string of the molecule is C[C@]12CC[C@@H]3c4ccc(O)cc4CC[C@H]3[C@@H]1C[C@@H](O[C@@H]1O[C@H]([C-]=O)[C@@H](O)[C@H](O)[C@H]1O)C2=O.[Na+]. The molecule has 8 nitrogen and oxygen atoms in total. The molecule has 3 aliphatic carbocycles. The van der Waals surface area contributed by atoms with Crippen LogP contribution in [0.1, 0.15) is 49.7 Å². The molecule has 1 saturated heterocycles. The fourth-order valence-electron chi connectivity index (χ4n) is 6.67. The number of aryl methyl sites for hydroxylation is 1. The molecule has 1 heterocycles. The van der Waals surface area contributed by atoms with E-state index in [1.54, 1.807) is 6.07 Å². The molecule has 0 bridgehead atoms. The second-order valence-electron chi connectivity index (χ2n) is 9.99. The van der Waals surface area contributed by atoms with E-state index < -0.39 is 42.2 Å². The van der Waals surface area contributed by atoms with Gasteiger partial charge in [0.15, 0.2) is 12.1 Å². The van der Waals surface area contributed by atoms with Gasteiger partial charge < -0.3 is 34.7 Å². The van der Waals surface area contributed by atoms with Crippen LogP contribution in [-0.4, -0.2) is 69.3 Å². The molecule has 4 N–H and O–H groups in total. The van der Waals surface area contributed by atoms with Gasteiger partial charge in [0.1, 0.15) is 24.1 Å². The van der Waals surface area contributed by atoms with Gasteiger partial charge in [-0.05, 0) is 79.2 Å². The largest absolute Gasteiger partial charge is 1.00 e. The predicted octanol–water partition coefficient (Wildman–Crippen LogP) is -2.27. The van der Waals surface area contributed by atoms with Crippen molar-refractivity contribution in [1.82, 2.24) is 0 Å². The van der Waals surface area contributed by atoms with Gasteiger partial charge in [0.2, 0.25) is 0 Å². The van der Waals surface area contributed by atoms with E-state index >= 15 is 0 Å². The quantitative estimate of drug-likeness (QED) is 0.289. The molecule has 0 aromatic heterocycles. The van der Waals surface area contributed by atoms with Crippen molar-refractivity contribution in [3.8, 4) is 5.75 Å². The van der Waals surface area contributed by atoms with Gasteiger partial charge in [-0.2, -0.15) is 0 Å². The van der Waals surface area contributed by atoms with Crippen molar-refractivity contribution < 1.29 is 69.0 Å². The summed E-state index contributed by atoms with van der Waals surface area (Å²) in [5.74, 6) is 0.970. The summed E-state index contributed by atoms with van der Waals surface area (Å²) in [7, 11) is 0. The molecule has 9 heteroatoms. The topological polar surface area (TPSA) is 134 Å². The second-order valence-corrected chi connectivity index (χ2v) is 9.99. The molecule has 0 amide bonds. The fraction of sp³-hybridized carbons (Fsp3) is 0.667. The minimum absolute atomic E-state index is 0. The summed E-state index contributed by atoms with van der Waals surface area (Å²) in [6, 6.07) is 5.57. The number of fused-ring (bicyclic) bond motifs is 5. The third kappa shape index (κ3) is 4.02. The number of carbonyl (C=O) groups excluding carboxylic acids is 2. The average molecular weight is 468 g/mol. The fourth-order valence-corrected chi connectivity index (χ4v) is 6.67. The van der Waals surface area contributed by atoms with Gasteiger partial charge in [0.25, 0.3) is 0 Å². The Morgan fingerprint density at radius 3 is 2.64 bits per heavy atom. The summed E-state index contributed by atoms with van der Waals surface area (Å²) >= 11 is 0. The zero-order valence-corrected chi connectivity index (χ0v) is 20.9. The van der Waals surface area contributed by atoms with Gasteiger partial charge in [0, 0.05) is 5.41 Å². The van der Waals surface area contributed by atoms with Crippen molar-refractivity contribution in [2.45, 2.75) is 81.8 Å². The summed E-state index contributed by atoms with van der Waals surface area (Å²) in [5, 5.41) is 40.0. The van der Waals surface area contributed by atoms with Crippen LogP contribution in [0, 0.1) is 17.3 Å². The number of aliphatic hydroxyl groups is 3. The van der Waals surface area contributed by atoms with Gasteiger partial charge >= 0.3 is 29.6 Å². The van der Waals surface area contributed by atoms with Crippen LogP contribution in [0.2, 0.25) is 0 Å². The number of Topliss-reactive ketones (excluding diaryl/α,β-unsaturated/α-hetero) is 1. The second kappa shape index (κ2) is 9.32. The molecule has 1 aromatic rings. The molecule has 5 rings (SSSR count). The van der Waals surface area contributed by atoms with Gasteiger partial charge in [-0.1, -0.05) is 13.0 Å². The third-order valence-corrected chi connectivity index (χ3v) is 8.41. The minimum atomic E-state index is -1.63. The molecular weight excluding hydrogens is 439 g/mol. The minimum Gasteiger partial charge on any atom is -0.539 e. The van der Waals surface area contributed by atoms with E-state index in [0.29, 0.717) is 18.3 Å². The van der Waals surface area contributed by atoms with E-state index in [1.165, 1.54) is 17.4 Å². The van der Waals surface area contributed by atoms with Crippen molar-refractivity contribution >= 4 is 12.1 Å². The number of phenolic OH excluding ortho intramolecular Hbond substituents is 1. The molecule has 10 atom stereocenters. The van der Waals surface area contributed by atoms with Crippen LogP contribution in [0.15, 0.2) is 18.2 Å². The van der Waals surface area contributed by atoms with Crippen LogP contribution in [0.3, 0.4) is 0 Å². The number of benzene rings is 1. The van der Waals surface area contributed by atoms with Gasteiger partial charge in [-0.25, -0.2) is 6.29 Å². The van der Waals surface area contributed by atoms with Crippen molar-refractivity contribution in [3.63, 3.8) is 0 Å². The first-order valence-corrected chi connectivity index (χ1v) is 11.3. The molecule has 3 fully saturated rings. The Bertz CT molecular complexity index is 924. The van der Waals surface area contributed by atoms with Crippen molar-refractivity contribution in [3.05, 3.63) is 29.3 Å². The summed E-state index contributed by atoms with van der Waals surface area (Å²) in [6.45, 7) is 1.99. The zero-order valence-electron chi connectivity index (χ0n) is 18.9. The Hall–Kier alpha value is -0.840. The number of ether oxygens (including phenoxy) is 2. The Morgan fingerprint density at radius 2 is 1.91 bits per heavy atom. The van der Waals surface area contributed by atoms with E-state index in [4.69, 9.17) is 9.47 Å². The first kappa shape index (κ1) is 25.3. The molecule has 0 radical (unpaired) electrons. The Balaban J connectivity index is 0.00000259. The maximum Gasteiger partial charge on any atom is 1.00 e. The standard InChI is InChI=1S/C24H29O8.Na/c1-24-7-6-14-13-5-3-12(26)8-11(13)2-4-15(14)16(24)9-17(22(24)30)31-23-21(29)20(28)19(27)18(10-25)32-23;/h3,5,8,14-21,23,26-29H,2,4,6-7,9H2,1H3;/q-1;+1/t14-,15-,16+,17-,18-,19-,20+,21-,23-,24+;/m1./s1. The molecule has 1 aromatic carbocycles. The van der Waals surface area contributed by atoms with E-state index in [1.807, 2.05) is 19.1 Å². The van der Waals surface area contributed by atoms with E-state index in [9.17, 15) is 30.0 Å². The number of aromatic hydroxyl groups is 1. The summed E-state index contributed by atoms with van der Waals surface area (Å²) in [6.07, 6.45) is -3.14. The molecular formula is C24H29NaO8. The van der Waals surface area contributed by atoms with Crippen LogP contribution < -0.4 is 29.6 Å². The number of aliphatic hydroxyl groups excluding tert-OH is 3. The van der Waals surface area contributed by atoms with Crippen LogP contribution >= 0.6 is 0 Å². The van der Waals surface area contributed by atoms with E-state index in [0.717, 1.165) is 25.7 Å². The Morgan fingerprint density at radius 1 is 1.15 bits per heavy atom. The van der Waals surface area contributed by atoms with E-state index in [-0.39, 0.29) is 47.0 Å². The van der Waals surface area contributed by atoms with Crippen molar-refractivity contribution in [2.24, 2.45) is 17.3 Å². The molecule has 4 aliphatic rings. The first-order valence-electron chi connectivity index (χ1n) is 11.3. The van der Waals surface area contributed by atoms with Crippen molar-refractivity contribution in [2.75, 3.05) is 0 Å². The Kier molecular flexibility index (Phi) is 7.13. The maximum atomic E-state index is 13.4. The third-order valence-electron chi connectivity index (χ3n) is 8.41. The molecule has 174 valence electrons. The maximum absolute atomic E-state index is 13.4. The van der Waals surface area contributed by atoms with E-state index in [2.05, 4.69) is 0 Å². The normalized spacial score (nSPS) is 44.2. The monoisotopic (exact) mass is 468 g/mol. The van der Waals surface area contributed by atoms with Gasteiger partial charge in [-0.15, -0.1) is 0 Å². The zero-order chi connectivity index (χ0) is 22.8. The van der Waals surface area contributed by atoms with Crippen LogP contribution in [0.25, 0.3) is 0 Å². The molecule has 33 heavy (non-hydrogen) atoms. The predicted molar refractivity (Wildman–Crippen MR) is 110 cm³/mol. The molecule has 2 saturated carbocycles. The Labute approximate surface area is 214 Å². The molecule has 0 spiro atoms. The first-order chi connectivity index (χ1) is 15.2. The summed E-state index contributed by atoms with van der Waals surface area (Å²) in [5.41, 5.74) is 1.88. The van der Waals surface area contributed by atoms with Crippen LogP contribution in [-0.2, 0) is 25.5 Å².